The van der Waals surface area contributed by atoms with E-state index in [1.807, 2.05) is 13.0 Å². The van der Waals surface area contributed by atoms with E-state index in [9.17, 15) is 14.3 Å². The van der Waals surface area contributed by atoms with Gasteiger partial charge in [0.15, 0.2) is 0 Å². The summed E-state index contributed by atoms with van der Waals surface area (Å²) < 4.78 is 13.1. The van der Waals surface area contributed by atoms with Gasteiger partial charge in [0.2, 0.25) is 0 Å². The van der Waals surface area contributed by atoms with Crippen LogP contribution in [0.2, 0.25) is 0 Å². The van der Waals surface area contributed by atoms with Crippen LogP contribution < -0.4 is 78.6 Å². The SMILES string of the molecule is CNC/C=C(C)\C(N)=C(\N)CNC(=O)c1ccc([O-])c(F)c1.[K+]. The first-order valence-electron chi connectivity index (χ1n) is 6.67. The Kier molecular flexibility index (Phi) is 10.4. The number of benzene rings is 1. The Balaban J connectivity index is 0.00000484. The zero-order chi connectivity index (χ0) is 16.7. The van der Waals surface area contributed by atoms with Crippen LogP contribution in [0.15, 0.2) is 41.2 Å². The summed E-state index contributed by atoms with van der Waals surface area (Å²) in [5.41, 5.74) is 13.2. The molecule has 0 bridgehead atoms. The molecule has 0 radical (unpaired) electrons. The van der Waals surface area contributed by atoms with E-state index in [2.05, 4.69) is 10.6 Å². The normalized spacial score (nSPS) is 12.2. The molecule has 0 saturated carbocycles. The Labute approximate surface area is 177 Å². The van der Waals surface area contributed by atoms with Crippen molar-refractivity contribution < 1.29 is 65.7 Å². The molecule has 1 aromatic rings. The standard InChI is InChI=1S/C15H21FN4O2.K/c1-9(5-6-19-2)14(18)12(17)8-20-15(22)10-3-4-13(21)11(16)7-10;/h3-5,7,19,21H,6,8,17-18H2,1-2H3,(H,20,22);/q;+1/p-1/b9-5-,14-12-;. The molecule has 1 amide bonds. The molecule has 0 aliphatic rings. The van der Waals surface area contributed by atoms with Crippen LogP contribution in [0.3, 0.4) is 0 Å². The quantitative estimate of drug-likeness (QED) is 0.322. The summed E-state index contributed by atoms with van der Waals surface area (Å²) >= 11 is 0. The van der Waals surface area contributed by atoms with Crippen LogP contribution >= 0.6 is 0 Å². The van der Waals surface area contributed by atoms with Gasteiger partial charge in [0.1, 0.15) is 5.82 Å². The first-order valence-corrected chi connectivity index (χ1v) is 6.67. The number of halogens is 1. The van der Waals surface area contributed by atoms with Crippen molar-refractivity contribution in [3.05, 3.63) is 52.6 Å². The fraction of sp³-hybridized carbons (Fsp3) is 0.267. The molecular weight excluding hydrogens is 326 g/mol. The first kappa shape index (κ1) is 22.1. The second-order valence-corrected chi connectivity index (χ2v) is 4.71. The second kappa shape index (κ2) is 10.8. The van der Waals surface area contributed by atoms with Crippen molar-refractivity contribution in [2.75, 3.05) is 20.1 Å². The monoisotopic (exact) mass is 346 g/mol. The molecule has 120 valence electrons. The Hall–Kier alpha value is -0.904. The van der Waals surface area contributed by atoms with E-state index >= 15 is 0 Å². The Morgan fingerprint density at radius 2 is 2.04 bits per heavy atom. The molecule has 6 nitrogen and oxygen atoms in total. The average Bonchev–Trinajstić information content (AvgIpc) is 2.51. The minimum absolute atomic E-state index is 0. The smallest absolute Gasteiger partial charge is 0.870 e. The van der Waals surface area contributed by atoms with E-state index in [0.29, 0.717) is 17.9 Å². The van der Waals surface area contributed by atoms with Crippen LogP contribution in [-0.4, -0.2) is 26.0 Å². The van der Waals surface area contributed by atoms with Crippen molar-refractivity contribution >= 4 is 5.91 Å². The zero-order valence-electron chi connectivity index (χ0n) is 13.6. The summed E-state index contributed by atoms with van der Waals surface area (Å²) in [5.74, 6) is -2.27. The third kappa shape index (κ3) is 7.02. The molecule has 0 aliphatic heterocycles. The van der Waals surface area contributed by atoms with Gasteiger partial charge in [-0.1, -0.05) is 17.9 Å². The summed E-state index contributed by atoms with van der Waals surface area (Å²) in [6.07, 6.45) is 1.87. The number of amides is 1. The van der Waals surface area contributed by atoms with Crippen molar-refractivity contribution in [1.82, 2.24) is 10.6 Å². The van der Waals surface area contributed by atoms with Gasteiger partial charge in [-0.15, -0.1) is 0 Å². The summed E-state index contributed by atoms with van der Waals surface area (Å²) in [6, 6.07) is 3.14. The largest absolute Gasteiger partial charge is 1.00 e. The third-order valence-electron chi connectivity index (χ3n) is 3.02. The molecule has 0 saturated heterocycles. The molecule has 1 rings (SSSR count). The van der Waals surface area contributed by atoms with Crippen molar-refractivity contribution in [1.29, 1.82) is 0 Å². The van der Waals surface area contributed by atoms with Crippen LogP contribution in [0, 0.1) is 5.82 Å². The molecular formula is C15H20FKN4O2. The number of rotatable bonds is 6. The Bertz CT molecular complexity index is 617. The maximum absolute atomic E-state index is 13.1. The van der Waals surface area contributed by atoms with Gasteiger partial charge >= 0.3 is 51.4 Å². The Morgan fingerprint density at radius 1 is 1.39 bits per heavy atom. The molecule has 0 fully saturated rings. The van der Waals surface area contributed by atoms with Crippen LogP contribution in [0.5, 0.6) is 5.75 Å². The summed E-state index contributed by atoms with van der Waals surface area (Å²) in [4.78, 5) is 11.9. The number of allylic oxidation sites excluding steroid dienone is 1. The van der Waals surface area contributed by atoms with Crippen molar-refractivity contribution in [3.63, 3.8) is 0 Å². The van der Waals surface area contributed by atoms with E-state index in [0.717, 1.165) is 17.7 Å². The fourth-order valence-electron chi connectivity index (χ4n) is 1.63. The van der Waals surface area contributed by atoms with E-state index in [1.165, 1.54) is 6.07 Å². The molecule has 0 heterocycles. The molecule has 0 atom stereocenters. The van der Waals surface area contributed by atoms with Gasteiger partial charge in [-0.05, 0) is 31.7 Å². The van der Waals surface area contributed by atoms with Gasteiger partial charge in [0, 0.05) is 12.1 Å². The van der Waals surface area contributed by atoms with E-state index in [-0.39, 0.29) is 63.5 Å². The predicted molar refractivity (Wildman–Crippen MR) is 81.3 cm³/mol. The summed E-state index contributed by atoms with van der Waals surface area (Å²) in [5, 5.41) is 16.4. The first-order chi connectivity index (χ1) is 10.4. The van der Waals surface area contributed by atoms with E-state index in [1.54, 1.807) is 7.05 Å². The zero-order valence-corrected chi connectivity index (χ0v) is 16.7. The van der Waals surface area contributed by atoms with Crippen molar-refractivity contribution in [2.45, 2.75) is 6.92 Å². The minimum atomic E-state index is -0.971. The molecule has 8 heteroatoms. The maximum atomic E-state index is 13.1. The molecule has 23 heavy (non-hydrogen) atoms. The van der Waals surface area contributed by atoms with Gasteiger partial charge in [0.05, 0.1) is 17.9 Å². The third-order valence-corrected chi connectivity index (χ3v) is 3.02. The molecule has 0 aliphatic carbocycles. The predicted octanol–water partition coefficient (Wildman–Crippen LogP) is -3.07. The maximum Gasteiger partial charge on any atom is 1.00 e. The molecule has 6 N–H and O–H groups in total. The number of hydrogen-bond acceptors (Lipinski definition) is 5. The molecule has 0 unspecified atom stereocenters. The van der Waals surface area contributed by atoms with Crippen molar-refractivity contribution in [2.24, 2.45) is 11.5 Å². The van der Waals surface area contributed by atoms with Crippen LogP contribution in [-0.2, 0) is 0 Å². The minimum Gasteiger partial charge on any atom is -0.870 e. The number of nitrogens with one attached hydrogen (secondary N) is 2. The molecule has 1 aromatic carbocycles. The fourth-order valence-corrected chi connectivity index (χ4v) is 1.63. The number of carbonyl (C=O) groups excluding carboxylic acids is 1. The average molecular weight is 346 g/mol. The van der Waals surface area contributed by atoms with E-state index in [4.69, 9.17) is 11.5 Å². The topological polar surface area (TPSA) is 116 Å². The van der Waals surface area contributed by atoms with Gasteiger partial charge in [-0.2, -0.15) is 0 Å². The van der Waals surface area contributed by atoms with Gasteiger partial charge in [0.25, 0.3) is 5.91 Å². The number of likely N-dealkylation sites (N-methyl/N-ethyl adjacent to an activating group) is 1. The number of nitrogens with two attached hydrogens (primary N) is 2. The molecule has 0 spiro atoms. The Morgan fingerprint density at radius 3 is 2.61 bits per heavy atom. The molecule has 0 aromatic heterocycles. The van der Waals surface area contributed by atoms with Crippen LogP contribution in [0.4, 0.5) is 4.39 Å². The number of hydrogen-bond donors (Lipinski definition) is 4. The van der Waals surface area contributed by atoms with Gasteiger partial charge in [-0.3, -0.25) is 4.79 Å². The van der Waals surface area contributed by atoms with Gasteiger partial charge in [-0.25, -0.2) is 4.39 Å². The summed E-state index contributed by atoms with van der Waals surface area (Å²) in [7, 11) is 1.81. The number of carbonyl (C=O) groups is 1. The van der Waals surface area contributed by atoms with Crippen LogP contribution in [0.1, 0.15) is 17.3 Å². The van der Waals surface area contributed by atoms with Crippen LogP contribution in [0.25, 0.3) is 0 Å². The van der Waals surface area contributed by atoms with Gasteiger partial charge < -0.3 is 27.2 Å². The second-order valence-electron chi connectivity index (χ2n) is 4.71. The van der Waals surface area contributed by atoms with Crippen molar-refractivity contribution in [3.8, 4) is 5.75 Å². The summed E-state index contributed by atoms with van der Waals surface area (Å²) in [6.45, 7) is 2.48. The van der Waals surface area contributed by atoms with E-state index < -0.39 is 17.5 Å².